The lowest BCUT2D eigenvalue weighted by molar-refractivity contribution is 0.0730. The normalized spacial score (nSPS) is 17.8. The maximum atomic E-state index is 12.9. The van der Waals surface area contributed by atoms with Gasteiger partial charge in [0.25, 0.3) is 5.91 Å². The molecule has 1 saturated carbocycles. The number of carbonyl (C=O) groups is 1. The molecular formula is C21H25N3O6S2. The van der Waals surface area contributed by atoms with Gasteiger partial charge in [-0.1, -0.05) is 12.1 Å². The van der Waals surface area contributed by atoms with E-state index in [1.165, 1.54) is 40.7 Å². The van der Waals surface area contributed by atoms with Gasteiger partial charge in [0.2, 0.25) is 20.0 Å². The van der Waals surface area contributed by atoms with E-state index in [0.717, 1.165) is 12.8 Å². The highest BCUT2D eigenvalue weighted by atomic mass is 32.2. The number of hydrogen-bond donors (Lipinski definition) is 2. The lowest BCUT2D eigenvalue weighted by Crippen LogP contribution is -2.40. The zero-order valence-corrected chi connectivity index (χ0v) is 19.2. The quantitative estimate of drug-likeness (QED) is 0.624. The molecule has 2 aromatic carbocycles. The molecule has 172 valence electrons. The number of carbonyl (C=O) groups excluding carboxylic acids is 1. The molecule has 0 bridgehead atoms. The number of nitrogens with zero attached hydrogens (tertiary/aromatic N) is 1. The molecule has 32 heavy (non-hydrogen) atoms. The van der Waals surface area contributed by atoms with E-state index < -0.39 is 26.0 Å². The maximum Gasteiger partial charge on any atom is 0.255 e. The predicted octanol–water partition coefficient (Wildman–Crippen LogP) is 1.71. The van der Waals surface area contributed by atoms with Crippen molar-refractivity contribution in [2.24, 2.45) is 0 Å². The number of aryl methyl sites for hydroxylation is 1. The summed E-state index contributed by atoms with van der Waals surface area (Å²) in [6.07, 6.45) is 1.62. The zero-order valence-electron chi connectivity index (χ0n) is 17.6. The number of ether oxygens (including phenoxy) is 1. The summed E-state index contributed by atoms with van der Waals surface area (Å²) >= 11 is 0. The molecule has 0 atom stereocenters. The summed E-state index contributed by atoms with van der Waals surface area (Å²) in [7, 11) is -7.42. The van der Waals surface area contributed by atoms with Crippen LogP contribution in [0.4, 0.5) is 5.69 Å². The number of benzene rings is 2. The van der Waals surface area contributed by atoms with Crippen LogP contribution in [0.25, 0.3) is 0 Å². The van der Waals surface area contributed by atoms with Gasteiger partial charge in [0, 0.05) is 30.4 Å². The Bertz CT molecular complexity index is 1230. The number of hydrogen-bond acceptors (Lipinski definition) is 6. The van der Waals surface area contributed by atoms with Gasteiger partial charge in [0.1, 0.15) is 0 Å². The molecule has 11 heteroatoms. The van der Waals surface area contributed by atoms with Crippen LogP contribution in [0.2, 0.25) is 0 Å². The van der Waals surface area contributed by atoms with Gasteiger partial charge in [-0.05, 0) is 55.7 Å². The standard InChI is InChI=1S/C21H25N3O6S2/c1-15-5-8-19(32(28,29)24-9-11-30-12-10-24)14-20(15)22-21(25)16-3-2-4-18(13-16)31(26,27)23-17-6-7-17/h2-5,8,13-14,17,23H,6-7,9-12H2,1H3,(H,22,25). The van der Waals surface area contributed by atoms with Crippen LogP contribution in [0.5, 0.6) is 0 Å². The summed E-state index contributed by atoms with van der Waals surface area (Å²) in [5, 5.41) is 2.71. The van der Waals surface area contributed by atoms with Crippen LogP contribution >= 0.6 is 0 Å². The Morgan fingerprint density at radius 2 is 1.72 bits per heavy atom. The molecule has 1 saturated heterocycles. The Hall–Kier alpha value is -2.31. The number of amides is 1. The third kappa shape index (κ3) is 5.02. The number of anilines is 1. The number of rotatable bonds is 7. The molecule has 1 amide bonds. The Morgan fingerprint density at radius 1 is 1.00 bits per heavy atom. The van der Waals surface area contributed by atoms with Gasteiger partial charge in [0.15, 0.2) is 0 Å². The molecule has 2 N–H and O–H groups in total. The van der Waals surface area contributed by atoms with E-state index in [1.807, 2.05) is 0 Å². The summed E-state index contributed by atoms with van der Waals surface area (Å²) < 4.78 is 59.9. The fraction of sp³-hybridized carbons (Fsp3) is 0.381. The molecule has 0 aromatic heterocycles. The zero-order chi connectivity index (χ0) is 22.9. The molecule has 1 heterocycles. The van der Waals surface area contributed by atoms with Crippen molar-refractivity contribution in [3.8, 4) is 0 Å². The van der Waals surface area contributed by atoms with Gasteiger partial charge in [-0.3, -0.25) is 4.79 Å². The minimum Gasteiger partial charge on any atom is -0.379 e. The molecule has 4 rings (SSSR count). The summed E-state index contributed by atoms with van der Waals surface area (Å²) in [5.74, 6) is -0.530. The highest BCUT2D eigenvalue weighted by Gasteiger charge is 2.29. The molecule has 0 unspecified atom stereocenters. The largest absolute Gasteiger partial charge is 0.379 e. The Morgan fingerprint density at radius 3 is 2.41 bits per heavy atom. The lowest BCUT2D eigenvalue weighted by atomic mass is 10.1. The topological polar surface area (TPSA) is 122 Å². The average molecular weight is 480 g/mol. The third-order valence-corrected chi connectivity index (χ3v) is 8.78. The predicted molar refractivity (Wildman–Crippen MR) is 118 cm³/mol. The molecule has 2 aromatic rings. The summed E-state index contributed by atoms with van der Waals surface area (Å²) in [4.78, 5) is 12.9. The van der Waals surface area contributed by atoms with Crippen molar-refractivity contribution in [3.05, 3.63) is 53.6 Å². The number of sulfonamides is 2. The van der Waals surface area contributed by atoms with Crippen molar-refractivity contribution >= 4 is 31.6 Å². The summed E-state index contributed by atoms with van der Waals surface area (Å²) in [5.41, 5.74) is 1.18. The van der Waals surface area contributed by atoms with Gasteiger partial charge >= 0.3 is 0 Å². The minimum atomic E-state index is -3.72. The smallest absolute Gasteiger partial charge is 0.255 e. The third-order valence-electron chi connectivity index (χ3n) is 5.37. The van der Waals surface area contributed by atoms with Crippen molar-refractivity contribution in [2.75, 3.05) is 31.6 Å². The van der Waals surface area contributed by atoms with Crippen molar-refractivity contribution in [3.63, 3.8) is 0 Å². The molecule has 0 spiro atoms. The molecule has 1 aliphatic carbocycles. The van der Waals surface area contributed by atoms with Crippen LogP contribution in [-0.2, 0) is 24.8 Å². The fourth-order valence-corrected chi connectivity index (χ4v) is 6.11. The van der Waals surface area contributed by atoms with Gasteiger partial charge < -0.3 is 10.1 Å². The first-order valence-corrected chi connectivity index (χ1v) is 13.2. The minimum absolute atomic E-state index is 0.0115. The summed E-state index contributed by atoms with van der Waals surface area (Å²) in [6.45, 7) is 2.97. The van der Waals surface area contributed by atoms with E-state index in [0.29, 0.717) is 24.5 Å². The molecule has 1 aliphatic heterocycles. The van der Waals surface area contributed by atoms with Gasteiger partial charge in [0.05, 0.1) is 23.0 Å². The van der Waals surface area contributed by atoms with Gasteiger partial charge in [-0.2, -0.15) is 4.31 Å². The summed E-state index contributed by atoms with van der Waals surface area (Å²) in [6, 6.07) is 10.3. The van der Waals surface area contributed by atoms with Crippen molar-refractivity contribution in [1.29, 1.82) is 0 Å². The number of morpholine rings is 1. The van der Waals surface area contributed by atoms with Crippen LogP contribution < -0.4 is 10.0 Å². The van der Waals surface area contributed by atoms with Crippen molar-refractivity contribution in [1.82, 2.24) is 9.03 Å². The lowest BCUT2D eigenvalue weighted by Gasteiger charge is -2.26. The fourth-order valence-electron chi connectivity index (χ4n) is 3.32. The highest BCUT2D eigenvalue weighted by Crippen LogP contribution is 2.25. The van der Waals surface area contributed by atoms with Crippen molar-refractivity contribution < 1.29 is 26.4 Å². The molecular weight excluding hydrogens is 454 g/mol. The Balaban J connectivity index is 1.56. The van der Waals surface area contributed by atoms with E-state index in [-0.39, 0.29) is 34.5 Å². The van der Waals surface area contributed by atoms with Crippen LogP contribution in [0.1, 0.15) is 28.8 Å². The highest BCUT2D eigenvalue weighted by molar-refractivity contribution is 7.89. The van der Waals surface area contributed by atoms with Crippen LogP contribution in [0, 0.1) is 6.92 Å². The second-order valence-electron chi connectivity index (χ2n) is 7.87. The average Bonchev–Trinajstić information content (AvgIpc) is 3.59. The van der Waals surface area contributed by atoms with E-state index in [4.69, 9.17) is 4.74 Å². The maximum absolute atomic E-state index is 12.9. The Kier molecular flexibility index (Phi) is 6.37. The first-order chi connectivity index (χ1) is 15.2. The van der Waals surface area contributed by atoms with E-state index >= 15 is 0 Å². The first-order valence-electron chi connectivity index (χ1n) is 10.3. The second-order valence-corrected chi connectivity index (χ2v) is 11.5. The van der Waals surface area contributed by atoms with Crippen LogP contribution in [0.3, 0.4) is 0 Å². The van der Waals surface area contributed by atoms with Crippen LogP contribution in [0.15, 0.2) is 52.3 Å². The molecule has 2 aliphatic rings. The van der Waals surface area contributed by atoms with Gasteiger partial charge in [-0.15, -0.1) is 0 Å². The van der Waals surface area contributed by atoms with Crippen molar-refractivity contribution in [2.45, 2.75) is 35.6 Å². The van der Waals surface area contributed by atoms with E-state index in [2.05, 4.69) is 10.0 Å². The van der Waals surface area contributed by atoms with Crippen LogP contribution in [-0.4, -0.2) is 59.4 Å². The second kappa shape index (κ2) is 8.91. The monoisotopic (exact) mass is 479 g/mol. The Labute approximate surface area is 187 Å². The molecule has 0 radical (unpaired) electrons. The SMILES string of the molecule is Cc1ccc(S(=O)(=O)N2CCOCC2)cc1NC(=O)c1cccc(S(=O)(=O)NC2CC2)c1. The van der Waals surface area contributed by atoms with E-state index in [1.54, 1.807) is 13.0 Å². The molecule has 9 nitrogen and oxygen atoms in total. The first kappa shape index (κ1) is 22.9. The molecule has 2 fully saturated rings. The van der Waals surface area contributed by atoms with E-state index in [9.17, 15) is 21.6 Å². The van der Waals surface area contributed by atoms with Gasteiger partial charge in [-0.25, -0.2) is 21.6 Å². The number of nitrogens with one attached hydrogen (secondary N) is 2.